The van der Waals surface area contributed by atoms with E-state index in [2.05, 4.69) is 5.32 Å². The van der Waals surface area contributed by atoms with Gasteiger partial charge in [0.05, 0.1) is 0 Å². The van der Waals surface area contributed by atoms with Crippen molar-refractivity contribution in [1.82, 2.24) is 0 Å². The lowest BCUT2D eigenvalue weighted by atomic mass is 10.0. The normalized spacial score (nSPS) is 14.2. The Hall–Kier alpha value is -2.04. The standard InChI is InChI=1S/C14H18N2O3/c1-16-12-6-5-11(15-8-2-3-14(18)19)9-10(12)4-7-13(16)17/h5-6,9,15H,2-4,7-8H2,1H3,(H,18,19). The van der Waals surface area contributed by atoms with Gasteiger partial charge in [-0.2, -0.15) is 0 Å². The quantitative estimate of drug-likeness (QED) is 0.795. The third-order valence-corrected chi connectivity index (χ3v) is 3.32. The number of hydrogen-bond donors (Lipinski definition) is 2. The lowest BCUT2D eigenvalue weighted by molar-refractivity contribution is -0.137. The van der Waals surface area contributed by atoms with Crippen LogP contribution in [0.2, 0.25) is 0 Å². The highest BCUT2D eigenvalue weighted by Crippen LogP contribution is 2.29. The van der Waals surface area contributed by atoms with E-state index in [1.807, 2.05) is 18.2 Å². The Bertz CT molecular complexity index is 499. The van der Waals surface area contributed by atoms with Crippen LogP contribution in [0.4, 0.5) is 11.4 Å². The summed E-state index contributed by atoms with van der Waals surface area (Å²) >= 11 is 0. The lowest BCUT2D eigenvalue weighted by Gasteiger charge is -2.26. The topological polar surface area (TPSA) is 69.6 Å². The van der Waals surface area contributed by atoms with E-state index < -0.39 is 5.97 Å². The molecule has 0 atom stereocenters. The number of anilines is 2. The van der Waals surface area contributed by atoms with E-state index in [1.54, 1.807) is 11.9 Å². The molecule has 1 heterocycles. The highest BCUT2D eigenvalue weighted by Gasteiger charge is 2.20. The van der Waals surface area contributed by atoms with Crippen molar-refractivity contribution in [2.75, 3.05) is 23.8 Å². The van der Waals surface area contributed by atoms with E-state index in [-0.39, 0.29) is 12.3 Å². The van der Waals surface area contributed by atoms with Gasteiger partial charge in [0.15, 0.2) is 0 Å². The number of benzene rings is 1. The Morgan fingerprint density at radius 3 is 2.95 bits per heavy atom. The molecule has 0 fully saturated rings. The van der Waals surface area contributed by atoms with Crippen LogP contribution < -0.4 is 10.2 Å². The summed E-state index contributed by atoms with van der Waals surface area (Å²) in [6.07, 6.45) is 2.09. The first-order valence-corrected chi connectivity index (χ1v) is 6.43. The molecule has 0 radical (unpaired) electrons. The van der Waals surface area contributed by atoms with Gasteiger partial charge in [0.1, 0.15) is 0 Å². The number of hydrogen-bond acceptors (Lipinski definition) is 3. The molecular weight excluding hydrogens is 244 g/mol. The number of rotatable bonds is 5. The van der Waals surface area contributed by atoms with Crippen molar-refractivity contribution in [2.24, 2.45) is 0 Å². The van der Waals surface area contributed by atoms with Crippen molar-refractivity contribution >= 4 is 23.3 Å². The number of carbonyl (C=O) groups is 2. The van der Waals surface area contributed by atoms with Crippen molar-refractivity contribution in [3.05, 3.63) is 23.8 Å². The molecule has 2 rings (SSSR count). The maximum Gasteiger partial charge on any atom is 0.303 e. The van der Waals surface area contributed by atoms with Crippen LogP contribution in [0.15, 0.2) is 18.2 Å². The van der Waals surface area contributed by atoms with Crippen LogP contribution in [0.5, 0.6) is 0 Å². The van der Waals surface area contributed by atoms with E-state index >= 15 is 0 Å². The Labute approximate surface area is 112 Å². The molecule has 0 spiro atoms. The SMILES string of the molecule is CN1C(=O)CCc2cc(NCCCC(=O)O)ccc21. The summed E-state index contributed by atoms with van der Waals surface area (Å²) in [6.45, 7) is 0.639. The molecule has 2 N–H and O–H groups in total. The van der Waals surface area contributed by atoms with Gasteiger partial charge in [-0.05, 0) is 36.6 Å². The van der Waals surface area contributed by atoms with Crippen LogP contribution in [0.25, 0.3) is 0 Å². The van der Waals surface area contributed by atoms with Crippen LogP contribution >= 0.6 is 0 Å². The second-order valence-corrected chi connectivity index (χ2v) is 4.72. The molecule has 5 nitrogen and oxygen atoms in total. The van der Waals surface area contributed by atoms with Gasteiger partial charge < -0.3 is 15.3 Å². The summed E-state index contributed by atoms with van der Waals surface area (Å²) in [7, 11) is 1.79. The number of fused-ring (bicyclic) bond motifs is 1. The summed E-state index contributed by atoms with van der Waals surface area (Å²) in [6, 6.07) is 5.90. The minimum absolute atomic E-state index is 0.148. The van der Waals surface area contributed by atoms with Crippen molar-refractivity contribution < 1.29 is 14.7 Å². The molecule has 1 aliphatic rings. The summed E-state index contributed by atoms with van der Waals surface area (Å²) in [4.78, 5) is 23.7. The average Bonchev–Trinajstić information content (AvgIpc) is 2.39. The molecule has 0 saturated carbocycles. The maximum absolute atomic E-state index is 11.6. The number of aliphatic carboxylic acids is 1. The van der Waals surface area contributed by atoms with E-state index in [4.69, 9.17) is 5.11 Å². The van der Waals surface area contributed by atoms with E-state index in [9.17, 15) is 9.59 Å². The first-order valence-electron chi connectivity index (χ1n) is 6.43. The summed E-state index contributed by atoms with van der Waals surface area (Å²) in [5.41, 5.74) is 3.10. The van der Waals surface area contributed by atoms with Gasteiger partial charge in [0, 0.05) is 37.8 Å². The molecule has 5 heteroatoms. The monoisotopic (exact) mass is 262 g/mol. The summed E-state index contributed by atoms with van der Waals surface area (Å²) in [5.74, 6) is -0.623. The Balaban J connectivity index is 1.97. The molecule has 1 aliphatic heterocycles. The number of carboxylic acid groups (broad SMARTS) is 1. The van der Waals surface area contributed by atoms with Crippen molar-refractivity contribution in [1.29, 1.82) is 0 Å². The first-order chi connectivity index (χ1) is 9.08. The van der Waals surface area contributed by atoms with E-state index in [0.717, 1.165) is 23.4 Å². The van der Waals surface area contributed by atoms with Gasteiger partial charge in [-0.25, -0.2) is 0 Å². The molecule has 0 aromatic heterocycles. The molecule has 1 aromatic carbocycles. The molecule has 19 heavy (non-hydrogen) atoms. The maximum atomic E-state index is 11.6. The first kappa shape index (κ1) is 13.4. The third-order valence-electron chi connectivity index (χ3n) is 3.32. The Morgan fingerprint density at radius 1 is 1.42 bits per heavy atom. The Kier molecular flexibility index (Phi) is 4.04. The number of nitrogens with one attached hydrogen (secondary N) is 1. The fourth-order valence-corrected chi connectivity index (χ4v) is 2.24. The van der Waals surface area contributed by atoms with Crippen LogP contribution in [0, 0.1) is 0 Å². The van der Waals surface area contributed by atoms with Gasteiger partial charge in [0.2, 0.25) is 5.91 Å². The van der Waals surface area contributed by atoms with Crippen molar-refractivity contribution in [3.63, 3.8) is 0 Å². The van der Waals surface area contributed by atoms with Crippen molar-refractivity contribution in [2.45, 2.75) is 25.7 Å². The van der Waals surface area contributed by atoms with Crippen molar-refractivity contribution in [3.8, 4) is 0 Å². The molecule has 0 saturated heterocycles. The van der Waals surface area contributed by atoms with E-state index in [0.29, 0.717) is 19.4 Å². The average molecular weight is 262 g/mol. The number of aryl methyl sites for hydroxylation is 1. The van der Waals surface area contributed by atoms with Crippen LogP contribution in [0.1, 0.15) is 24.8 Å². The van der Waals surface area contributed by atoms with Gasteiger partial charge >= 0.3 is 5.97 Å². The number of amides is 1. The van der Waals surface area contributed by atoms with E-state index in [1.165, 1.54) is 0 Å². The predicted octanol–water partition coefficient (Wildman–Crippen LogP) is 1.87. The zero-order valence-electron chi connectivity index (χ0n) is 11.0. The summed E-state index contributed by atoms with van der Waals surface area (Å²) < 4.78 is 0. The summed E-state index contributed by atoms with van der Waals surface area (Å²) in [5, 5.41) is 11.8. The Morgan fingerprint density at radius 2 is 2.21 bits per heavy atom. The molecule has 0 aliphatic carbocycles. The molecule has 1 aromatic rings. The second-order valence-electron chi connectivity index (χ2n) is 4.72. The van der Waals surface area contributed by atoms with Crippen LogP contribution in [0.3, 0.4) is 0 Å². The molecule has 1 amide bonds. The smallest absolute Gasteiger partial charge is 0.303 e. The fraction of sp³-hybridized carbons (Fsp3) is 0.429. The molecule has 0 unspecified atom stereocenters. The predicted molar refractivity (Wildman–Crippen MR) is 73.5 cm³/mol. The van der Waals surface area contributed by atoms with Gasteiger partial charge in [0.25, 0.3) is 0 Å². The number of carboxylic acids is 1. The zero-order valence-corrected chi connectivity index (χ0v) is 11.0. The lowest BCUT2D eigenvalue weighted by Crippen LogP contribution is -2.31. The highest BCUT2D eigenvalue weighted by molar-refractivity contribution is 5.96. The largest absolute Gasteiger partial charge is 0.481 e. The number of nitrogens with zero attached hydrogens (tertiary/aromatic N) is 1. The fourth-order valence-electron chi connectivity index (χ4n) is 2.24. The van der Waals surface area contributed by atoms with Gasteiger partial charge in [-0.1, -0.05) is 0 Å². The highest BCUT2D eigenvalue weighted by atomic mass is 16.4. The third kappa shape index (κ3) is 3.24. The number of carbonyl (C=O) groups excluding carboxylic acids is 1. The van der Waals surface area contributed by atoms with Gasteiger partial charge in [-0.15, -0.1) is 0 Å². The van der Waals surface area contributed by atoms with Crippen LogP contribution in [-0.2, 0) is 16.0 Å². The second kappa shape index (κ2) is 5.73. The van der Waals surface area contributed by atoms with Gasteiger partial charge in [-0.3, -0.25) is 9.59 Å². The molecule has 0 bridgehead atoms. The van der Waals surface area contributed by atoms with Crippen LogP contribution in [-0.4, -0.2) is 30.6 Å². The molecular formula is C14H18N2O3. The minimum atomic E-state index is -0.771. The minimum Gasteiger partial charge on any atom is -0.481 e. The molecule has 102 valence electrons. The zero-order chi connectivity index (χ0) is 13.8.